The molecule has 0 bridgehead atoms. The second kappa shape index (κ2) is 6.68. The van der Waals surface area contributed by atoms with E-state index in [1.807, 2.05) is 0 Å². The van der Waals surface area contributed by atoms with E-state index in [2.05, 4.69) is 15.0 Å². The van der Waals surface area contributed by atoms with Crippen LogP contribution in [0.5, 0.6) is 0 Å². The maximum atomic E-state index is 14.6. The third-order valence-electron chi connectivity index (χ3n) is 4.07. The zero-order chi connectivity index (χ0) is 22.4. The van der Waals surface area contributed by atoms with Crippen molar-refractivity contribution in [3.63, 3.8) is 0 Å². The van der Waals surface area contributed by atoms with E-state index in [-0.39, 0.29) is 5.82 Å². The number of benzene rings is 2. The van der Waals surface area contributed by atoms with Crippen LogP contribution >= 0.6 is 0 Å². The summed E-state index contributed by atoms with van der Waals surface area (Å²) in [6, 6.07) is 11.1. The lowest BCUT2D eigenvalue weighted by molar-refractivity contribution is 0.604. The summed E-state index contributed by atoms with van der Waals surface area (Å²) in [5, 5.41) is 0.567. The van der Waals surface area contributed by atoms with Crippen LogP contribution in [0.15, 0.2) is 54.9 Å². The van der Waals surface area contributed by atoms with E-state index in [0.717, 1.165) is 12.1 Å². The van der Waals surface area contributed by atoms with E-state index < -0.39 is 27.7 Å². The molecule has 142 valence electrons. The molecule has 0 atom stereocenters. The van der Waals surface area contributed by atoms with Gasteiger partial charge in [-0.2, -0.15) is 0 Å². The molecule has 2 heterocycles. The fraction of sp³-hybridized carbons (Fsp3) is 0.0526. The minimum absolute atomic E-state index is 0.325. The number of nitrogens with zero attached hydrogens (tertiary/aromatic N) is 2. The average molecular weight is 403 g/mol. The van der Waals surface area contributed by atoms with E-state index in [0.29, 0.717) is 33.5 Å². The van der Waals surface area contributed by atoms with Crippen molar-refractivity contribution in [2.75, 3.05) is 10.9 Å². The van der Waals surface area contributed by atoms with Crippen molar-refractivity contribution >= 4 is 26.7 Å². The van der Waals surface area contributed by atoms with Crippen LogP contribution < -0.4 is 4.72 Å². The molecule has 2 aromatic carbocycles. The first-order chi connectivity index (χ1) is 14.5. The summed E-state index contributed by atoms with van der Waals surface area (Å²) in [5.41, 5.74) is 2.04. The summed E-state index contributed by atoms with van der Waals surface area (Å²) < 4.78 is 74.1. The zero-order valence-corrected chi connectivity index (χ0v) is 14.9. The van der Waals surface area contributed by atoms with Gasteiger partial charge in [0.05, 0.1) is 17.6 Å². The molecule has 0 radical (unpaired) electrons. The molecule has 2 N–H and O–H groups in total. The van der Waals surface area contributed by atoms with E-state index in [1.54, 1.807) is 22.9 Å². The molecule has 0 saturated heterocycles. The van der Waals surface area contributed by atoms with Gasteiger partial charge in [-0.1, -0.05) is 6.07 Å². The first-order valence-electron chi connectivity index (χ1n) is 9.47. The maximum Gasteiger partial charge on any atom is 0.229 e. The number of hydrogen-bond acceptors (Lipinski definition) is 4. The van der Waals surface area contributed by atoms with E-state index in [9.17, 15) is 17.2 Å². The predicted molar refractivity (Wildman–Crippen MR) is 103 cm³/mol. The Kier molecular flexibility index (Phi) is 3.51. The van der Waals surface area contributed by atoms with Crippen LogP contribution in [0.1, 0.15) is 4.11 Å². The van der Waals surface area contributed by atoms with Gasteiger partial charge in [0.25, 0.3) is 0 Å². The first kappa shape index (κ1) is 14.7. The standard InChI is InChI=1S/C19H14F2N4O2S/c1-28(26,27)25-16-7-4-12(8-15(16)21)18-14-9-17(24-19(14)23-10-22-18)11-2-5-13(20)6-3-11/h2-10,25H,1H3,(H,22,23,24)/i1D3. The number of H-pyrrole nitrogens is 1. The van der Waals surface area contributed by atoms with E-state index in [1.165, 1.54) is 24.5 Å². The minimum atomic E-state index is -4.76. The smallest absolute Gasteiger partial charge is 0.229 e. The molecule has 4 rings (SSSR count). The van der Waals surface area contributed by atoms with Crippen LogP contribution in [0.4, 0.5) is 14.5 Å². The van der Waals surface area contributed by atoms with Gasteiger partial charge in [-0.15, -0.1) is 0 Å². The Labute approximate surface area is 163 Å². The van der Waals surface area contributed by atoms with Gasteiger partial charge in [0.1, 0.15) is 23.6 Å². The second-order valence-corrected chi connectivity index (χ2v) is 7.19. The Morgan fingerprint density at radius 2 is 1.79 bits per heavy atom. The highest BCUT2D eigenvalue weighted by Crippen LogP contribution is 2.31. The van der Waals surface area contributed by atoms with Crippen molar-refractivity contribution in [3.8, 4) is 22.5 Å². The number of hydrogen-bond donors (Lipinski definition) is 2. The molecule has 4 aromatic rings. The molecule has 0 amide bonds. The molecular formula is C19H14F2N4O2S. The van der Waals surface area contributed by atoms with E-state index in [4.69, 9.17) is 4.11 Å². The lowest BCUT2D eigenvalue weighted by Crippen LogP contribution is -2.10. The molecule has 28 heavy (non-hydrogen) atoms. The molecule has 2 aromatic heterocycles. The van der Waals surface area contributed by atoms with Crippen LogP contribution in [0.2, 0.25) is 0 Å². The van der Waals surface area contributed by atoms with Gasteiger partial charge in [-0.05, 0) is 48.0 Å². The zero-order valence-electron chi connectivity index (χ0n) is 17.1. The van der Waals surface area contributed by atoms with Crippen LogP contribution in [0.3, 0.4) is 0 Å². The fourth-order valence-electron chi connectivity index (χ4n) is 2.84. The molecule has 0 fully saturated rings. The van der Waals surface area contributed by atoms with Gasteiger partial charge in [0, 0.05) is 20.8 Å². The molecule has 0 saturated carbocycles. The van der Waals surface area contributed by atoms with Crippen LogP contribution in [0.25, 0.3) is 33.5 Å². The molecule has 0 aliphatic rings. The Morgan fingerprint density at radius 1 is 1.04 bits per heavy atom. The predicted octanol–water partition coefficient (Wildman–Crippen LogP) is 3.94. The molecule has 6 nitrogen and oxygen atoms in total. The van der Waals surface area contributed by atoms with Crippen LogP contribution in [-0.4, -0.2) is 29.6 Å². The van der Waals surface area contributed by atoms with Crippen LogP contribution in [0, 0.1) is 11.6 Å². The summed E-state index contributed by atoms with van der Waals surface area (Å²) in [5.74, 6) is -1.34. The molecule has 9 heteroatoms. The number of nitrogens with one attached hydrogen (secondary N) is 2. The quantitative estimate of drug-likeness (QED) is 0.540. The highest BCUT2D eigenvalue weighted by Gasteiger charge is 2.14. The van der Waals surface area contributed by atoms with Crippen molar-refractivity contribution in [1.29, 1.82) is 0 Å². The summed E-state index contributed by atoms with van der Waals surface area (Å²) in [6.07, 6.45) is -2.05. The van der Waals surface area contributed by atoms with Crippen molar-refractivity contribution < 1.29 is 21.3 Å². The summed E-state index contributed by atoms with van der Waals surface area (Å²) in [6.45, 7) is 0. The maximum absolute atomic E-state index is 14.6. The summed E-state index contributed by atoms with van der Waals surface area (Å²) in [7, 11) is -4.76. The van der Waals surface area contributed by atoms with Crippen molar-refractivity contribution in [1.82, 2.24) is 15.0 Å². The molecule has 0 unspecified atom stereocenters. The largest absolute Gasteiger partial charge is 0.339 e. The van der Waals surface area contributed by atoms with Crippen molar-refractivity contribution in [2.45, 2.75) is 0 Å². The molecular weight excluding hydrogens is 386 g/mol. The van der Waals surface area contributed by atoms with Gasteiger partial charge in [-0.3, -0.25) is 4.72 Å². The Bertz CT molecular complexity index is 1390. The number of aromatic nitrogens is 3. The van der Waals surface area contributed by atoms with Gasteiger partial charge in [0.2, 0.25) is 10.0 Å². The van der Waals surface area contributed by atoms with Gasteiger partial charge < -0.3 is 4.98 Å². The minimum Gasteiger partial charge on any atom is -0.339 e. The highest BCUT2D eigenvalue weighted by atomic mass is 32.2. The van der Waals surface area contributed by atoms with Crippen molar-refractivity contribution in [3.05, 3.63) is 66.5 Å². The average Bonchev–Trinajstić information content (AvgIpc) is 3.13. The number of sulfonamides is 1. The van der Waals surface area contributed by atoms with Gasteiger partial charge in [-0.25, -0.2) is 27.2 Å². The lowest BCUT2D eigenvalue weighted by atomic mass is 10.1. The second-order valence-electron chi connectivity index (χ2n) is 5.97. The Balaban J connectivity index is 1.74. The third kappa shape index (κ3) is 3.56. The Morgan fingerprint density at radius 3 is 2.50 bits per heavy atom. The topological polar surface area (TPSA) is 87.7 Å². The molecule has 0 spiro atoms. The number of anilines is 1. The van der Waals surface area contributed by atoms with E-state index >= 15 is 0 Å². The monoisotopic (exact) mass is 403 g/mol. The number of halogens is 2. The lowest BCUT2D eigenvalue weighted by Gasteiger charge is -2.07. The molecule has 0 aliphatic carbocycles. The van der Waals surface area contributed by atoms with Gasteiger partial charge in [0.15, 0.2) is 0 Å². The number of aromatic amines is 1. The third-order valence-corrected chi connectivity index (χ3v) is 4.56. The SMILES string of the molecule is [2H]C([2H])([2H])S(=O)(=O)Nc1ccc(-c2ncnc3[nH]c(-c4ccc(F)cc4)cc23)cc1F. The van der Waals surface area contributed by atoms with Gasteiger partial charge >= 0.3 is 0 Å². The van der Waals surface area contributed by atoms with Crippen LogP contribution in [-0.2, 0) is 10.0 Å². The number of fused-ring (bicyclic) bond motifs is 1. The normalized spacial score (nSPS) is 13.7. The highest BCUT2D eigenvalue weighted by molar-refractivity contribution is 7.92. The molecule has 0 aliphatic heterocycles. The van der Waals surface area contributed by atoms with Crippen molar-refractivity contribution in [2.24, 2.45) is 0 Å². The fourth-order valence-corrected chi connectivity index (χ4v) is 3.30. The summed E-state index contributed by atoms with van der Waals surface area (Å²) in [4.78, 5) is 11.4. The first-order valence-corrected chi connectivity index (χ1v) is 9.45. The number of rotatable bonds is 4. The summed E-state index contributed by atoms with van der Waals surface area (Å²) >= 11 is 0. The Hall–Kier alpha value is -3.33.